The third-order valence-electron chi connectivity index (χ3n) is 3.19. The summed E-state index contributed by atoms with van der Waals surface area (Å²) in [7, 11) is 0. The molecule has 0 spiro atoms. The Hall–Kier alpha value is -2.47. The average molecular weight is 319 g/mol. The zero-order chi connectivity index (χ0) is 16.7. The van der Waals surface area contributed by atoms with Crippen molar-refractivity contribution in [3.8, 4) is 11.5 Å². The molecule has 0 saturated carbocycles. The maximum atomic E-state index is 11.8. The van der Waals surface area contributed by atoms with Gasteiger partial charge in [0.1, 0.15) is 22.9 Å². The van der Waals surface area contributed by atoms with Gasteiger partial charge in [-0.1, -0.05) is 0 Å². The Morgan fingerprint density at radius 2 is 1.87 bits per heavy atom. The van der Waals surface area contributed by atoms with Crippen molar-refractivity contribution in [3.05, 3.63) is 48.4 Å². The summed E-state index contributed by atoms with van der Waals surface area (Å²) >= 11 is 0. The third-order valence-corrected chi connectivity index (χ3v) is 3.19. The molecule has 1 atom stereocenters. The number of hydrogen-bond donors (Lipinski definition) is 2. The van der Waals surface area contributed by atoms with Gasteiger partial charge in [0.25, 0.3) is 5.91 Å². The first-order valence-corrected chi connectivity index (χ1v) is 7.40. The predicted octanol–water partition coefficient (Wildman–Crippen LogP) is 2.08. The number of carbonyl (C=O) groups excluding carboxylic acids is 1. The Bertz CT molecular complexity index is 604. The lowest BCUT2D eigenvalue weighted by atomic mass is 10.0. The number of nitrogens with one attached hydrogen (secondary N) is 1. The van der Waals surface area contributed by atoms with Gasteiger partial charge in [-0.05, 0) is 50.2 Å². The van der Waals surface area contributed by atoms with Gasteiger partial charge in [-0.15, -0.1) is 0 Å². The normalized spacial score (nSPS) is 13.2. The van der Waals surface area contributed by atoms with Crippen LogP contribution >= 0.6 is 0 Å². The van der Waals surface area contributed by atoms with E-state index in [9.17, 15) is 9.90 Å². The maximum absolute atomic E-state index is 11.8. The SMILES string of the molecule is CCOc1ccc(OCC(=O)NCC(C)(O)c2ccco2)cc1. The summed E-state index contributed by atoms with van der Waals surface area (Å²) in [4.78, 5) is 11.8. The van der Waals surface area contributed by atoms with E-state index in [1.54, 1.807) is 43.3 Å². The fourth-order valence-corrected chi connectivity index (χ4v) is 1.94. The Balaban J connectivity index is 1.76. The van der Waals surface area contributed by atoms with Crippen molar-refractivity contribution in [2.45, 2.75) is 19.4 Å². The summed E-state index contributed by atoms with van der Waals surface area (Å²) in [5.41, 5.74) is -1.27. The molecule has 23 heavy (non-hydrogen) atoms. The van der Waals surface area contributed by atoms with Crippen LogP contribution in [0.5, 0.6) is 11.5 Å². The van der Waals surface area contributed by atoms with Gasteiger partial charge in [0.05, 0.1) is 19.4 Å². The summed E-state index contributed by atoms with van der Waals surface area (Å²) in [5.74, 6) is 1.39. The van der Waals surface area contributed by atoms with E-state index in [-0.39, 0.29) is 19.1 Å². The van der Waals surface area contributed by atoms with E-state index < -0.39 is 5.60 Å². The van der Waals surface area contributed by atoms with Crippen LogP contribution in [0.15, 0.2) is 47.1 Å². The van der Waals surface area contributed by atoms with Gasteiger partial charge in [-0.3, -0.25) is 4.79 Å². The lowest BCUT2D eigenvalue weighted by Crippen LogP contribution is -2.40. The molecule has 0 aliphatic carbocycles. The van der Waals surface area contributed by atoms with Crippen molar-refractivity contribution in [2.75, 3.05) is 19.8 Å². The van der Waals surface area contributed by atoms with E-state index in [1.165, 1.54) is 6.26 Å². The number of aliphatic hydroxyl groups is 1. The molecule has 0 saturated heterocycles. The van der Waals surface area contributed by atoms with Gasteiger partial charge in [0.15, 0.2) is 6.61 Å². The molecule has 0 aliphatic rings. The van der Waals surface area contributed by atoms with Crippen LogP contribution in [-0.4, -0.2) is 30.8 Å². The first-order chi connectivity index (χ1) is 11.0. The molecule has 1 aromatic carbocycles. The number of benzene rings is 1. The van der Waals surface area contributed by atoms with Crippen LogP contribution in [0.1, 0.15) is 19.6 Å². The van der Waals surface area contributed by atoms with Crippen molar-refractivity contribution in [1.82, 2.24) is 5.32 Å². The molecule has 2 rings (SSSR count). The van der Waals surface area contributed by atoms with Crippen molar-refractivity contribution in [2.24, 2.45) is 0 Å². The monoisotopic (exact) mass is 319 g/mol. The number of amides is 1. The number of carbonyl (C=O) groups is 1. The van der Waals surface area contributed by atoms with Crippen molar-refractivity contribution < 1.29 is 23.8 Å². The molecule has 2 aromatic rings. The zero-order valence-corrected chi connectivity index (χ0v) is 13.2. The average Bonchev–Trinajstić information content (AvgIpc) is 3.08. The Kier molecular flexibility index (Phi) is 5.65. The molecule has 1 aromatic heterocycles. The molecule has 6 heteroatoms. The number of rotatable bonds is 8. The first kappa shape index (κ1) is 16.9. The summed E-state index contributed by atoms with van der Waals surface area (Å²) in [6.45, 7) is 3.97. The highest BCUT2D eigenvalue weighted by molar-refractivity contribution is 5.77. The minimum absolute atomic E-state index is 0.0337. The highest BCUT2D eigenvalue weighted by Gasteiger charge is 2.26. The van der Waals surface area contributed by atoms with Crippen LogP contribution in [0.4, 0.5) is 0 Å². The second kappa shape index (κ2) is 7.69. The molecule has 1 amide bonds. The maximum Gasteiger partial charge on any atom is 0.258 e. The van der Waals surface area contributed by atoms with Crippen LogP contribution < -0.4 is 14.8 Å². The Morgan fingerprint density at radius 3 is 2.43 bits per heavy atom. The van der Waals surface area contributed by atoms with Gasteiger partial charge in [-0.25, -0.2) is 0 Å². The lowest BCUT2D eigenvalue weighted by Gasteiger charge is -2.21. The van der Waals surface area contributed by atoms with E-state index in [2.05, 4.69) is 5.32 Å². The highest BCUT2D eigenvalue weighted by atomic mass is 16.5. The van der Waals surface area contributed by atoms with Crippen LogP contribution in [0.25, 0.3) is 0 Å². The minimum atomic E-state index is -1.27. The molecule has 1 unspecified atom stereocenters. The van der Waals surface area contributed by atoms with Gasteiger partial charge in [0.2, 0.25) is 0 Å². The Morgan fingerprint density at radius 1 is 1.22 bits per heavy atom. The molecule has 1 heterocycles. The second-order valence-electron chi connectivity index (χ2n) is 5.22. The van der Waals surface area contributed by atoms with Gasteiger partial charge >= 0.3 is 0 Å². The van der Waals surface area contributed by atoms with E-state index in [4.69, 9.17) is 13.9 Å². The van der Waals surface area contributed by atoms with E-state index in [1.807, 2.05) is 6.92 Å². The van der Waals surface area contributed by atoms with Crippen molar-refractivity contribution in [1.29, 1.82) is 0 Å². The standard InChI is InChI=1S/C17H21NO5/c1-3-21-13-6-8-14(9-7-13)23-11-16(19)18-12-17(2,20)15-5-4-10-22-15/h4-10,20H,3,11-12H2,1-2H3,(H,18,19). The predicted molar refractivity (Wildman–Crippen MR) is 84.4 cm³/mol. The fraction of sp³-hybridized carbons (Fsp3) is 0.353. The number of ether oxygens (including phenoxy) is 2. The van der Waals surface area contributed by atoms with Crippen LogP contribution in [0, 0.1) is 0 Å². The molecule has 0 fully saturated rings. The smallest absolute Gasteiger partial charge is 0.258 e. The van der Waals surface area contributed by atoms with Gasteiger partial charge < -0.3 is 24.3 Å². The van der Waals surface area contributed by atoms with Crippen LogP contribution in [0.3, 0.4) is 0 Å². The number of furan rings is 1. The largest absolute Gasteiger partial charge is 0.494 e. The van der Waals surface area contributed by atoms with E-state index in [0.717, 1.165) is 5.75 Å². The topological polar surface area (TPSA) is 80.9 Å². The lowest BCUT2D eigenvalue weighted by molar-refractivity contribution is -0.124. The minimum Gasteiger partial charge on any atom is -0.494 e. The van der Waals surface area contributed by atoms with E-state index in [0.29, 0.717) is 18.1 Å². The molecule has 2 N–H and O–H groups in total. The highest BCUT2D eigenvalue weighted by Crippen LogP contribution is 2.20. The first-order valence-electron chi connectivity index (χ1n) is 7.40. The molecular formula is C17H21NO5. The van der Waals surface area contributed by atoms with Crippen molar-refractivity contribution >= 4 is 5.91 Å². The summed E-state index contributed by atoms with van der Waals surface area (Å²) in [6.07, 6.45) is 1.47. The molecule has 124 valence electrons. The van der Waals surface area contributed by atoms with Gasteiger partial charge in [-0.2, -0.15) is 0 Å². The fourth-order valence-electron chi connectivity index (χ4n) is 1.94. The molecule has 0 bridgehead atoms. The Labute approximate surface area is 135 Å². The quantitative estimate of drug-likeness (QED) is 0.778. The molecular weight excluding hydrogens is 298 g/mol. The summed E-state index contributed by atoms with van der Waals surface area (Å²) in [5, 5.41) is 12.8. The zero-order valence-electron chi connectivity index (χ0n) is 13.2. The summed E-state index contributed by atoms with van der Waals surface area (Å²) in [6, 6.07) is 10.4. The van der Waals surface area contributed by atoms with Gasteiger partial charge in [0, 0.05) is 0 Å². The number of hydrogen-bond acceptors (Lipinski definition) is 5. The van der Waals surface area contributed by atoms with E-state index >= 15 is 0 Å². The summed E-state index contributed by atoms with van der Waals surface area (Å²) < 4.78 is 15.9. The third kappa shape index (κ3) is 5.03. The molecule has 6 nitrogen and oxygen atoms in total. The molecule has 0 radical (unpaired) electrons. The second-order valence-corrected chi connectivity index (χ2v) is 5.22. The van der Waals surface area contributed by atoms with Crippen molar-refractivity contribution in [3.63, 3.8) is 0 Å². The van der Waals surface area contributed by atoms with Crippen LogP contribution in [-0.2, 0) is 10.4 Å². The molecule has 0 aliphatic heterocycles. The van der Waals surface area contributed by atoms with Crippen LogP contribution in [0.2, 0.25) is 0 Å².